The van der Waals surface area contributed by atoms with Gasteiger partial charge >= 0.3 is 0 Å². The van der Waals surface area contributed by atoms with E-state index in [9.17, 15) is 4.39 Å². The van der Waals surface area contributed by atoms with E-state index in [1.165, 1.54) is 88.2 Å². The zero-order valence-corrected chi connectivity index (χ0v) is 29.1. The fourth-order valence-electron chi connectivity index (χ4n) is 5.77. The number of hydrogen-bond acceptors (Lipinski definition) is 0. The first-order valence-electron chi connectivity index (χ1n) is 17.4. The fourth-order valence-corrected chi connectivity index (χ4v) is 5.77. The third-order valence-corrected chi connectivity index (χ3v) is 9.73. The van der Waals surface area contributed by atoms with Crippen molar-refractivity contribution < 1.29 is 5.82 Å². The molecule has 0 aromatic heterocycles. The Kier molecular flexibility index (Phi) is 19.6. The Balaban J connectivity index is 0.000000498. The van der Waals surface area contributed by atoms with Gasteiger partial charge in [0.25, 0.3) is 0 Å². The highest BCUT2D eigenvalue weighted by Crippen LogP contribution is 2.29. The number of aryl methyl sites for hydroxylation is 2. The van der Waals surface area contributed by atoms with Crippen LogP contribution in [0.5, 0.6) is 0 Å². The van der Waals surface area contributed by atoms with Gasteiger partial charge in [-0.1, -0.05) is 140 Å². The summed E-state index contributed by atoms with van der Waals surface area (Å²) in [6, 6.07) is 8.48. The lowest BCUT2D eigenvalue weighted by Gasteiger charge is -2.22. The molecule has 1 heteroatoms. The van der Waals surface area contributed by atoms with E-state index in [0.29, 0.717) is 12.3 Å². The molecule has 2 saturated carbocycles. The van der Waals surface area contributed by atoms with E-state index >= 15 is 0 Å². The van der Waals surface area contributed by atoms with Crippen molar-refractivity contribution in [2.45, 2.75) is 159 Å². The first kappa shape index (κ1) is 37.7. The minimum Gasteiger partial charge on any atom is -0.212 e. The van der Waals surface area contributed by atoms with Crippen LogP contribution in [0.3, 0.4) is 0 Å². The van der Waals surface area contributed by atoms with Crippen LogP contribution < -0.4 is 0 Å². The van der Waals surface area contributed by atoms with Gasteiger partial charge in [0.05, 0.1) is 5.83 Å². The summed E-state index contributed by atoms with van der Waals surface area (Å²) < 4.78 is 12.7. The van der Waals surface area contributed by atoms with E-state index in [1.807, 2.05) is 6.92 Å². The molecule has 0 amide bonds. The first-order chi connectivity index (χ1) is 19.3. The van der Waals surface area contributed by atoms with Crippen LogP contribution in [0.2, 0.25) is 0 Å². The molecule has 4 aliphatic rings. The van der Waals surface area contributed by atoms with Crippen LogP contribution in [-0.2, 0) is 0 Å². The maximum atomic E-state index is 12.7. The second-order valence-electron chi connectivity index (χ2n) is 14.8. The molecule has 2 unspecified atom stereocenters. The van der Waals surface area contributed by atoms with Crippen LogP contribution in [0.1, 0.15) is 158 Å². The van der Waals surface area contributed by atoms with Gasteiger partial charge in [-0.3, -0.25) is 0 Å². The quantitative estimate of drug-likeness (QED) is 0.272. The number of allylic oxidation sites excluding steroid dienone is 4. The Labute approximate surface area is 258 Å². The van der Waals surface area contributed by atoms with Crippen molar-refractivity contribution in [2.24, 2.45) is 35.5 Å². The molecule has 1 aromatic rings. The monoisotopic (exact) mass is 571 g/mol. The van der Waals surface area contributed by atoms with Gasteiger partial charge in [-0.05, 0) is 101 Å². The second-order valence-corrected chi connectivity index (χ2v) is 14.8. The van der Waals surface area contributed by atoms with Gasteiger partial charge < -0.3 is 0 Å². The van der Waals surface area contributed by atoms with E-state index in [4.69, 9.17) is 0 Å². The summed E-state index contributed by atoms with van der Waals surface area (Å²) in [6.07, 6.45) is 21.0. The lowest BCUT2D eigenvalue weighted by atomic mass is 9.84. The van der Waals surface area contributed by atoms with Gasteiger partial charge in [-0.2, -0.15) is 0 Å². The second kappa shape index (κ2) is 21.3. The molecule has 0 aliphatic heterocycles. The SMILES string of the molecule is CC1=C(F)CC(C)CC1.CC1=CCC(C)CC1.CC1CCC(C)CC1.CC1CCC(C)CC1.Cc1ccc(C)cc1.[HH]. The topological polar surface area (TPSA) is 0 Å². The molecule has 0 radical (unpaired) electrons. The predicted molar refractivity (Wildman–Crippen MR) is 185 cm³/mol. The van der Waals surface area contributed by atoms with Crippen molar-refractivity contribution in [2.75, 3.05) is 0 Å². The third kappa shape index (κ3) is 19.4. The normalized spacial score (nSPS) is 29.5. The highest BCUT2D eigenvalue weighted by atomic mass is 19.1. The Hall–Kier alpha value is -1.37. The Morgan fingerprint density at radius 2 is 0.878 bits per heavy atom. The van der Waals surface area contributed by atoms with Gasteiger partial charge in [0.2, 0.25) is 0 Å². The largest absolute Gasteiger partial charge is 0.212 e. The fraction of sp³-hybridized carbons (Fsp3) is 0.750. The van der Waals surface area contributed by atoms with E-state index in [1.54, 1.807) is 5.57 Å². The third-order valence-electron chi connectivity index (χ3n) is 9.73. The number of benzene rings is 1. The smallest absolute Gasteiger partial charge is 0.0991 e. The zero-order chi connectivity index (χ0) is 30.8. The molecule has 0 nitrogen and oxygen atoms in total. The molecule has 41 heavy (non-hydrogen) atoms. The minimum atomic E-state index is 0. The average molecular weight is 571 g/mol. The average Bonchev–Trinajstić information content (AvgIpc) is 2.94. The summed E-state index contributed by atoms with van der Waals surface area (Å²) in [5.41, 5.74) is 5.21. The summed E-state index contributed by atoms with van der Waals surface area (Å²) in [7, 11) is 0. The van der Waals surface area contributed by atoms with Gasteiger partial charge in [0.15, 0.2) is 0 Å². The van der Waals surface area contributed by atoms with Gasteiger partial charge in [0.1, 0.15) is 0 Å². The van der Waals surface area contributed by atoms with Crippen LogP contribution in [0.25, 0.3) is 0 Å². The summed E-state index contributed by atoms with van der Waals surface area (Å²) >= 11 is 0. The highest BCUT2D eigenvalue weighted by Gasteiger charge is 2.15. The molecule has 0 spiro atoms. The molecule has 5 rings (SSSR count). The predicted octanol–water partition coefficient (Wildman–Crippen LogP) is 14.0. The van der Waals surface area contributed by atoms with Crippen molar-refractivity contribution in [1.29, 1.82) is 0 Å². The van der Waals surface area contributed by atoms with E-state index in [0.717, 1.165) is 41.6 Å². The maximum absolute atomic E-state index is 12.7. The molecule has 2 fully saturated rings. The maximum Gasteiger partial charge on any atom is 0.0991 e. The standard InChI is InChI=1S/C8H13F.2C8H16.C8H14.C8H10.H2/c1-6-3-4-7(2)8(9)5-6;4*1-7-3-5-8(2)6-4-7;/h6H,3-5H2,1-2H3;2*7-8H,3-6H2,1-2H3;3,8H,4-6H2,1-2H3;3-6H,1-2H3;1H. The Morgan fingerprint density at radius 3 is 1.15 bits per heavy atom. The van der Waals surface area contributed by atoms with Crippen molar-refractivity contribution in [3.63, 3.8) is 0 Å². The van der Waals surface area contributed by atoms with E-state index < -0.39 is 0 Å². The molecule has 4 aliphatic carbocycles. The van der Waals surface area contributed by atoms with Crippen LogP contribution in [0.15, 0.2) is 47.3 Å². The molecular weight excluding hydrogens is 499 g/mol. The highest BCUT2D eigenvalue weighted by molar-refractivity contribution is 5.19. The van der Waals surface area contributed by atoms with Crippen molar-refractivity contribution in [3.05, 3.63) is 58.4 Å². The molecule has 1 aromatic carbocycles. The van der Waals surface area contributed by atoms with Crippen LogP contribution in [0, 0.1) is 49.4 Å². The van der Waals surface area contributed by atoms with E-state index in [-0.39, 0.29) is 7.25 Å². The molecule has 0 heterocycles. The van der Waals surface area contributed by atoms with Crippen molar-refractivity contribution >= 4 is 0 Å². The molecule has 0 N–H and O–H groups in total. The first-order valence-corrected chi connectivity index (χ1v) is 17.4. The van der Waals surface area contributed by atoms with Gasteiger partial charge in [0, 0.05) is 7.85 Å². The summed E-state index contributed by atoms with van der Waals surface area (Å²) in [4.78, 5) is 0. The summed E-state index contributed by atoms with van der Waals surface area (Å²) in [5, 5.41) is 0. The molecular formula is C40H71F. The lowest BCUT2D eigenvalue weighted by Crippen LogP contribution is -2.08. The van der Waals surface area contributed by atoms with Crippen LogP contribution in [0.4, 0.5) is 4.39 Å². The number of rotatable bonds is 0. The number of halogens is 1. The Bertz CT molecular complexity index is 789. The summed E-state index contributed by atoms with van der Waals surface area (Å²) in [5.74, 6) is 5.72. The van der Waals surface area contributed by atoms with E-state index in [2.05, 4.69) is 92.7 Å². The van der Waals surface area contributed by atoms with Gasteiger partial charge in [-0.25, -0.2) is 4.39 Å². The lowest BCUT2D eigenvalue weighted by molar-refractivity contribution is 0.308. The van der Waals surface area contributed by atoms with Gasteiger partial charge in [-0.15, -0.1) is 0 Å². The minimum absolute atomic E-state index is 0. The van der Waals surface area contributed by atoms with Crippen molar-refractivity contribution in [1.82, 2.24) is 0 Å². The molecule has 2 atom stereocenters. The summed E-state index contributed by atoms with van der Waals surface area (Å²) in [6.45, 7) is 22.2. The zero-order valence-electron chi connectivity index (χ0n) is 29.1. The Morgan fingerprint density at radius 1 is 0.512 bits per heavy atom. The van der Waals surface area contributed by atoms with Crippen LogP contribution >= 0.6 is 0 Å². The molecule has 0 saturated heterocycles. The van der Waals surface area contributed by atoms with Crippen LogP contribution in [-0.4, -0.2) is 0 Å². The molecule has 238 valence electrons. The van der Waals surface area contributed by atoms with Crippen molar-refractivity contribution in [3.8, 4) is 0 Å². The number of hydrogen-bond donors (Lipinski definition) is 0. The molecule has 0 bridgehead atoms.